The summed E-state index contributed by atoms with van der Waals surface area (Å²) in [6.07, 6.45) is -0.705. The van der Waals surface area contributed by atoms with Crippen LogP contribution < -0.4 is 10.1 Å². The number of benzene rings is 2. The Morgan fingerprint density at radius 3 is 2.54 bits per heavy atom. The predicted molar refractivity (Wildman–Crippen MR) is 92.7 cm³/mol. The third-order valence-electron chi connectivity index (χ3n) is 3.38. The number of hydrogen-bond acceptors (Lipinski definition) is 4. The van der Waals surface area contributed by atoms with Crippen molar-refractivity contribution in [3.63, 3.8) is 0 Å². The highest BCUT2D eigenvalue weighted by molar-refractivity contribution is 6.30. The van der Waals surface area contributed by atoms with Gasteiger partial charge in [-0.1, -0.05) is 17.7 Å². The lowest BCUT2D eigenvalue weighted by Gasteiger charge is -2.16. The average molecular weight is 348 g/mol. The molecule has 0 heterocycles. The van der Waals surface area contributed by atoms with E-state index in [1.807, 2.05) is 0 Å². The van der Waals surface area contributed by atoms with Crippen molar-refractivity contribution in [2.75, 3.05) is 12.4 Å². The highest BCUT2D eigenvalue weighted by Gasteiger charge is 2.16. The van der Waals surface area contributed by atoms with Gasteiger partial charge >= 0.3 is 5.97 Å². The van der Waals surface area contributed by atoms with E-state index >= 15 is 0 Å². The number of halogens is 1. The number of carbonyl (C=O) groups is 2. The molecule has 0 radical (unpaired) electrons. The number of ether oxygens (including phenoxy) is 2. The van der Waals surface area contributed by atoms with Gasteiger partial charge in [-0.15, -0.1) is 0 Å². The SMILES string of the molecule is COC(=O)c1ccc(NC(=O)C(C)Oc2cccc(Cl)c2)c(C)c1. The van der Waals surface area contributed by atoms with Crippen molar-refractivity contribution < 1.29 is 19.1 Å². The summed E-state index contributed by atoms with van der Waals surface area (Å²) in [7, 11) is 1.32. The van der Waals surface area contributed by atoms with Crippen LogP contribution in [0.15, 0.2) is 42.5 Å². The third-order valence-corrected chi connectivity index (χ3v) is 3.62. The summed E-state index contributed by atoms with van der Waals surface area (Å²) in [5.41, 5.74) is 1.78. The Morgan fingerprint density at radius 2 is 1.92 bits per heavy atom. The van der Waals surface area contributed by atoms with Crippen molar-refractivity contribution >= 4 is 29.2 Å². The molecule has 2 rings (SSSR count). The van der Waals surface area contributed by atoms with Crippen molar-refractivity contribution in [3.05, 3.63) is 58.6 Å². The Bertz CT molecular complexity index is 760. The minimum atomic E-state index is -0.705. The standard InChI is InChI=1S/C18H18ClNO4/c1-11-9-13(18(22)23-3)7-8-16(11)20-17(21)12(2)24-15-6-4-5-14(19)10-15/h4-10,12H,1-3H3,(H,20,21). The van der Waals surface area contributed by atoms with E-state index in [-0.39, 0.29) is 5.91 Å². The molecule has 0 saturated carbocycles. The number of hydrogen-bond donors (Lipinski definition) is 1. The second-order valence-corrected chi connectivity index (χ2v) is 5.66. The largest absolute Gasteiger partial charge is 0.481 e. The summed E-state index contributed by atoms with van der Waals surface area (Å²) < 4.78 is 10.2. The molecule has 0 aromatic heterocycles. The number of aryl methyl sites for hydroxylation is 1. The molecule has 1 atom stereocenters. The second kappa shape index (κ2) is 7.84. The van der Waals surface area contributed by atoms with Gasteiger partial charge in [0.15, 0.2) is 6.10 Å². The summed E-state index contributed by atoms with van der Waals surface area (Å²) in [6, 6.07) is 11.8. The van der Waals surface area contributed by atoms with Crippen molar-refractivity contribution in [2.24, 2.45) is 0 Å². The molecule has 0 spiro atoms. The van der Waals surface area contributed by atoms with Crippen LogP contribution in [0.4, 0.5) is 5.69 Å². The zero-order valence-electron chi connectivity index (χ0n) is 13.6. The van der Waals surface area contributed by atoms with E-state index in [1.165, 1.54) is 7.11 Å². The molecule has 1 N–H and O–H groups in total. The Kier molecular flexibility index (Phi) is 5.82. The fourth-order valence-electron chi connectivity index (χ4n) is 2.08. The highest BCUT2D eigenvalue weighted by atomic mass is 35.5. The van der Waals surface area contributed by atoms with Gasteiger partial charge in [-0.05, 0) is 55.8 Å². The van der Waals surface area contributed by atoms with E-state index in [0.29, 0.717) is 22.0 Å². The molecule has 126 valence electrons. The van der Waals surface area contributed by atoms with Crippen LogP contribution in [0.2, 0.25) is 5.02 Å². The molecule has 1 amide bonds. The van der Waals surface area contributed by atoms with Crippen molar-refractivity contribution in [2.45, 2.75) is 20.0 Å². The van der Waals surface area contributed by atoms with Gasteiger partial charge in [0.2, 0.25) is 0 Å². The molecule has 0 saturated heterocycles. The van der Waals surface area contributed by atoms with Gasteiger partial charge in [0, 0.05) is 10.7 Å². The lowest BCUT2D eigenvalue weighted by atomic mass is 10.1. The average Bonchev–Trinajstić information content (AvgIpc) is 2.55. The van der Waals surface area contributed by atoms with Gasteiger partial charge < -0.3 is 14.8 Å². The summed E-state index contributed by atoms with van der Waals surface area (Å²) in [5, 5.41) is 3.32. The molecule has 24 heavy (non-hydrogen) atoms. The first-order valence-corrected chi connectivity index (χ1v) is 7.70. The minimum absolute atomic E-state index is 0.302. The number of amides is 1. The monoisotopic (exact) mass is 347 g/mol. The first kappa shape index (κ1) is 17.8. The molecular weight excluding hydrogens is 330 g/mol. The minimum Gasteiger partial charge on any atom is -0.481 e. The summed E-state index contributed by atoms with van der Waals surface area (Å²) in [6.45, 7) is 3.44. The number of rotatable bonds is 5. The van der Waals surface area contributed by atoms with Crippen LogP contribution in [-0.4, -0.2) is 25.1 Å². The van der Waals surface area contributed by atoms with Crippen LogP contribution in [0.25, 0.3) is 0 Å². The van der Waals surface area contributed by atoms with Gasteiger partial charge in [0.25, 0.3) is 5.91 Å². The zero-order valence-corrected chi connectivity index (χ0v) is 14.4. The van der Waals surface area contributed by atoms with E-state index in [1.54, 1.807) is 56.3 Å². The maximum Gasteiger partial charge on any atom is 0.337 e. The smallest absolute Gasteiger partial charge is 0.337 e. The highest BCUT2D eigenvalue weighted by Crippen LogP contribution is 2.20. The molecule has 0 fully saturated rings. The molecule has 5 nitrogen and oxygen atoms in total. The van der Waals surface area contributed by atoms with E-state index < -0.39 is 12.1 Å². The molecule has 2 aromatic rings. The first-order valence-electron chi connectivity index (χ1n) is 7.32. The molecule has 1 unspecified atom stereocenters. The maximum atomic E-state index is 12.3. The lowest BCUT2D eigenvalue weighted by Crippen LogP contribution is -2.30. The Labute approximate surface area is 145 Å². The van der Waals surface area contributed by atoms with E-state index in [9.17, 15) is 9.59 Å². The van der Waals surface area contributed by atoms with Gasteiger partial charge in [0.1, 0.15) is 5.75 Å². The van der Waals surface area contributed by atoms with Crippen molar-refractivity contribution in [3.8, 4) is 5.75 Å². The van der Waals surface area contributed by atoms with Crippen molar-refractivity contribution in [1.82, 2.24) is 0 Å². The van der Waals surface area contributed by atoms with Crippen LogP contribution in [0.3, 0.4) is 0 Å². The molecule has 0 aliphatic rings. The second-order valence-electron chi connectivity index (χ2n) is 5.23. The van der Waals surface area contributed by atoms with Gasteiger partial charge in [-0.25, -0.2) is 4.79 Å². The van der Waals surface area contributed by atoms with Gasteiger partial charge in [-0.3, -0.25) is 4.79 Å². The van der Waals surface area contributed by atoms with Crippen LogP contribution in [-0.2, 0) is 9.53 Å². The fraction of sp³-hybridized carbons (Fsp3) is 0.222. The number of methoxy groups -OCH3 is 1. The molecule has 2 aromatic carbocycles. The zero-order chi connectivity index (χ0) is 17.7. The summed E-state index contributed by atoms with van der Waals surface area (Å²) in [5.74, 6) is -0.208. The van der Waals surface area contributed by atoms with Crippen LogP contribution in [0.1, 0.15) is 22.8 Å². The summed E-state index contributed by atoms with van der Waals surface area (Å²) in [4.78, 5) is 23.8. The first-order chi connectivity index (χ1) is 11.4. The van der Waals surface area contributed by atoms with Crippen LogP contribution in [0, 0.1) is 6.92 Å². The number of esters is 1. The Balaban J connectivity index is 2.04. The number of carbonyl (C=O) groups excluding carboxylic acids is 2. The Hall–Kier alpha value is -2.53. The van der Waals surface area contributed by atoms with Crippen LogP contribution in [0.5, 0.6) is 5.75 Å². The maximum absolute atomic E-state index is 12.3. The molecule has 0 aliphatic heterocycles. The van der Waals surface area contributed by atoms with Gasteiger partial charge in [-0.2, -0.15) is 0 Å². The van der Waals surface area contributed by atoms with Crippen LogP contribution >= 0.6 is 11.6 Å². The molecule has 0 aliphatic carbocycles. The Morgan fingerprint density at radius 1 is 1.17 bits per heavy atom. The quantitative estimate of drug-likeness (QED) is 0.834. The van der Waals surface area contributed by atoms with Gasteiger partial charge in [0.05, 0.1) is 12.7 Å². The van der Waals surface area contributed by atoms with E-state index in [2.05, 4.69) is 10.1 Å². The van der Waals surface area contributed by atoms with Crippen molar-refractivity contribution in [1.29, 1.82) is 0 Å². The van der Waals surface area contributed by atoms with E-state index in [4.69, 9.17) is 16.3 Å². The topological polar surface area (TPSA) is 64.6 Å². The molecule has 6 heteroatoms. The predicted octanol–water partition coefficient (Wildman–Crippen LogP) is 3.84. The number of nitrogens with one attached hydrogen (secondary N) is 1. The lowest BCUT2D eigenvalue weighted by molar-refractivity contribution is -0.122. The molecular formula is C18H18ClNO4. The van der Waals surface area contributed by atoms with E-state index in [0.717, 1.165) is 5.56 Å². The third kappa shape index (κ3) is 4.49. The molecule has 0 bridgehead atoms. The summed E-state index contributed by atoms with van der Waals surface area (Å²) >= 11 is 5.89. The normalized spacial score (nSPS) is 11.5. The fourth-order valence-corrected chi connectivity index (χ4v) is 2.26. The number of anilines is 1.